The van der Waals surface area contributed by atoms with Gasteiger partial charge in [-0.05, 0) is 38.7 Å². The molecule has 4 nitrogen and oxygen atoms in total. The Balaban J connectivity index is 2.37. The maximum absolute atomic E-state index is 10.5. The monoisotopic (exact) mass is 185 g/mol. The van der Waals surface area contributed by atoms with Crippen molar-refractivity contribution in [1.82, 2.24) is 4.81 Å². The third-order valence-corrected chi connectivity index (χ3v) is 2.54. The molecule has 1 unspecified atom stereocenters. The zero-order valence-electron chi connectivity index (χ0n) is 7.94. The second-order valence-electron chi connectivity index (χ2n) is 3.73. The Hall–Kier alpha value is -0.545. The summed E-state index contributed by atoms with van der Waals surface area (Å²) in [6, 6.07) is 0. The largest absolute Gasteiger partial charge is 0.481 e. The molecule has 1 atom stereocenters. The van der Waals surface area contributed by atoms with Crippen molar-refractivity contribution in [3.05, 3.63) is 0 Å². The summed E-state index contributed by atoms with van der Waals surface area (Å²) in [4.78, 5) is 12.4. The first-order chi connectivity index (χ1) is 6.09. The van der Waals surface area contributed by atoms with Gasteiger partial charge in [0.25, 0.3) is 0 Å². The molecule has 1 aliphatic heterocycles. The van der Waals surface area contributed by atoms with E-state index in [0.717, 1.165) is 19.4 Å². The van der Waals surface area contributed by atoms with Crippen molar-refractivity contribution < 1.29 is 14.9 Å². The van der Waals surface area contributed by atoms with Gasteiger partial charge in [-0.1, -0.05) is 0 Å². The van der Waals surface area contributed by atoms with Gasteiger partial charge in [-0.15, -0.1) is 0 Å². The first-order valence-electron chi connectivity index (χ1n) is 4.73. The minimum atomic E-state index is -0.738. The highest BCUT2D eigenvalue weighted by molar-refractivity contribution is 6.45. The van der Waals surface area contributed by atoms with E-state index in [4.69, 9.17) is 5.11 Å². The molecule has 0 radical (unpaired) electrons. The fourth-order valence-electron chi connectivity index (χ4n) is 1.85. The fraction of sp³-hybridized carbons (Fsp3) is 0.875. The Morgan fingerprint density at radius 1 is 1.69 bits per heavy atom. The van der Waals surface area contributed by atoms with Crippen LogP contribution in [0.1, 0.15) is 19.3 Å². The van der Waals surface area contributed by atoms with Crippen LogP contribution in [0.15, 0.2) is 0 Å². The van der Waals surface area contributed by atoms with Gasteiger partial charge in [0.2, 0.25) is 0 Å². The summed E-state index contributed by atoms with van der Waals surface area (Å²) in [6.07, 6.45) is 2.18. The quantitative estimate of drug-likeness (QED) is 0.620. The Kier molecular flexibility index (Phi) is 3.75. The molecule has 1 fully saturated rings. The number of piperidine rings is 1. The Morgan fingerprint density at radius 3 is 2.92 bits per heavy atom. The van der Waals surface area contributed by atoms with Crippen LogP contribution in [0, 0.1) is 5.92 Å². The molecule has 1 heterocycles. The van der Waals surface area contributed by atoms with E-state index >= 15 is 0 Å². The van der Waals surface area contributed by atoms with Crippen molar-refractivity contribution in [3.63, 3.8) is 0 Å². The lowest BCUT2D eigenvalue weighted by Gasteiger charge is -2.32. The minimum absolute atomic E-state index is 0.209. The molecular weight excluding hydrogens is 169 g/mol. The highest BCUT2D eigenvalue weighted by atomic mass is 16.4. The Morgan fingerprint density at radius 2 is 2.38 bits per heavy atom. The molecule has 1 rings (SSSR count). The number of rotatable bonds is 3. The molecule has 2 N–H and O–H groups in total. The zero-order chi connectivity index (χ0) is 9.84. The number of carboxylic acid groups (broad SMARTS) is 1. The zero-order valence-corrected chi connectivity index (χ0v) is 7.94. The van der Waals surface area contributed by atoms with Gasteiger partial charge in [0, 0.05) is 6.42 Å². The molecular formula is C8H16BNO3. The van der Waals surface area contributed by atoms with E-state index in [2.05, 4.69) is 0 Å². The van der Waals surface area contributed by atoms with Crippen LogP contribution in [0.5, 0.6) is 0 Å². The van der Waals surface area contributed by atoms with E-state index in [1.807, 2.05) is 4.81 Å². The predicted molar refractivity (Wildman–Crippen MR) is 50.4 cm³/mol. The normalized spacial score (nSPS) is 24.3. The third kappa shape index (κ3) is 3.36. The predicted octanol–water partition coefficient (Wildman–Crippen LogP) is 0.283. The number of carbonyl (C=O) groups is 1. The van der Waals surface area contributed by atoms with Gasteiger partial charge in [0.05, 0.1) is 0 Å². The summed E-state index contributed by atoms with van der Waals surface area (Å²) in [5.74, 6) is -0.529. The van der Waals surface area contributed by atoms with Crippen molar-refractivity contribution in [2.45, 2.75) is 26.1 Å². The van der Waals surface area contributed by atoms with E-state index in [0.29, 0.717) is 6.54 Å². The Labute approximate surface area is 78.7 Å². The number of hydrogen-bond acceptors (Lipinski definition) is 3. The lowest BCUT2D eigenvalue weighted by atomic mass is 9.80. The third-order valence-electron chi connectivity index (χ3n) is 2.54. The van der Waals surface area contributed by atoms with Crippen molar-refractivity contribution >= 4 is 13.0 Å². The maximum Gasteiger partial charge on any atom is 0.376 e. The molecule has 1 aliphatic rings. The first-order valence-corrected chi connectivity index (χ1v) is 4.73. The molecule has 0 aromatic rings. The molecule has 0 aliphatic carbocycles. The molecule has 0 aromatic carbocycles. The smallest absolute Gasteiger partial charge is 0.376 e. The summed E-state index contributed by atoms with van der Waals surface area (Å²) >= 11 is 0. The summed E-state index contributed by atoms with van der Waals surface area (Å²) in [5.41, 5.74) is 0. The van der Waals surface area contributed by atoms with Crippen LogP contribution in [0.3, 0.4) is 0 Å². The van der Waals surface area contributed by atoms with Crippen LogP contribution in [0.4, 0.5) is 0 Å². The van der Waals surface area contributed by atoms with Gasteiger partial charge in [0.1, 0.15) is 0 Å². The molecule has 74 valence electrons. The molecule has 1 saturated heterocycles. The van der Waals surface area contributed by atoms with Crippen molar-refractivity contribution in [3.8, 4) is 0 Å². The van der Waals surface area contributed by atoms with Gasteiger partial charge in [-0.3, -0.25) is 4.79 Å². The minimum Gasteiger partial charge on any atom is -0.481 e. The summed E-state index contributed by atoms with van der Waals surface area (Å²) in [5, 5.41) is 17.9. The van der Waals surface area contributed by atoms with Crippen LogP contribution >= 0.6 is 0 Å². The molecule has 0 bridgehead atoms. The average Bonchev–Trinajstić information content (AvgIpc) is 2.03. The number of hydrogen-bond donors (Lipinski definition) is 2. The second-order valence-corrected chi connectivity index (χ2v) is 3.73. The standard InChI is InChI=1S/C8H16BNO3/c1-9(13)10-4-2-3-7(6-10)5-8(11)12/h7,13H,2-6H2,1H3,(H,11,12). The maximum atomic E-state index is 10.5. The van der Waals surface area contributed by atoms with E-state index in [-0.39, 0.29) is 12.3 Å². The van der Waals surface area contributed by atoms with Crippen molar-refractivity contribution in [1.29, 1.82) is 0 Å². The van der Waals surface area contributed by atoms with Crippen LogP contribution in [0.2, 0.25) is 6.82 Å². The van der Waals surface area contributed by atoms with E-state index in [9.17, 15) is 9.82 Å². The van der Waals surface area contributed by atoms with Crippen LogP contribution in [-0.2, 0) is 4.79 Å². The van der Waals surface area contributed by atoms with Crippen molar-refractivity contribution in [2.24, 2.45) is 5.92 Å². The van der Waals surface area contributed by atoms with Crippen LogP contribution < -0.4 is 0 Å². The second kappa shape index (κ2) is 4.62. The molecule has 0 aromatic heterocycles. The molecule has 0 saturated carbocycles. The number of carboxylic acids is 1. The fourth-order valence-corrected chi connectivity index (χ4v) is 1.85. The Bertz CT molecular complexity index is 186. The lowest BCUT2D eigenvalue weighted by Crippen LogP contribution is -2.44. The van der Waals surface area contributed by atoms with Crippen molar-refractivity contribution in [2.75, 3.05) is 13.1 Å². The molecule has 5 heteroatoms. The topological polar surface area (TPSA) is 60.8 Å². The van der Waals surface area contributed by atoms with Gasteiger partial charge in [0.15, 0.2) is 0 Å². The van der Waals surface area contributed by atoms with Gasteiger partial charge in [-0.2, -0.15) is 0 Å². The lowest BCUT2D eigenvalue weighted by molar-refractivity contribution is -0.138. The van der Waals surface area contributed by atoms with Crippen LogP contribution in [0.25, 0.3) is 0 Å². The van der Waals surface area contributed by atoms with E-state index in [1.54, 1.807) is 6.82 Å². The highest BCUT2D eigenvalue weighted by Gasteiger charge is 2.25. The van der Waals surface area contributed by atoms with Gasteiger partial charge < -0.3 is 14.9 Å². The molecule has 13 heavy (non-hydrogen) atoms. The highest BCUT2D eigenvalue weighted by Crippen LogP contribution is 2.19. The van der Waals surface area contributed by atoms with E-state index < -0.39 is 13.0 Å². The summed E-state index contributed by atoms with van der Waals surface area (Å²) < 4.78 is 0. The SMILES string of the molecule is CB(O)N1CCCC(CC(=O)O)C1. The number of nitrogens with zero attached hydrogens (tertiary/aromatic N) is 1. The molecule has 0 amide bonds. The number of aliphatic carboxylic acids is 1. The summed E-state index contributed by atoms with van der Waals surface area (Å²) in [6.45, 7) is 3.32. The average molecular weight is 185 g/mol. The van der Waals surface area contributed by atoms with E-state index in [1.165, 1.54) is 0 Å². The summed E-state index contributed by atoms with van der Waals surface area (Å²) in [7, 11) is -0.448. The van der Waals surface area contributed by atoms with Gasteiger partial charge >= 0.3 is 13.0 Å². The van der Waals surface area contributed by atoms with Crippen LogP contribution in [-0.4, -0.2) is 41.1 Å². The first kappa shape index (κ1) is 10.5. The van der Waals surface area contributed by atoms with Gasteiger partial charge in [-0.25, -0.2) is 0 Å². The molecule has 0 spiro atoms.